The van der Waals surface area contributed by atoms with Gasteiger partial charge in [-0.1, -0.05) is 31.0 Å². The lowest BCUT2D eigenvalue weighted by Gasteiger charge is -2.27. The van der Waals surface area contributed by atoms with Crippen LogP contribution in [-0.2, 0) is 6.42 Å². The van der Waals surface area contributed by atoms with E-state index in [0.717, 1.165) is 11.9 Å². The summed E-state index contributed by atoms with van der Waals surface area (Å²) in [5, 5.41) is 1.64. The average molecular weight is 260 g/mol. The Balaban J connectivity index is 1.90. The minimum Gasteiger partial charge on any atom is -0.256 e. The lowest BCUT2D eigenvalue weighted by molar-refractivity contribution is 0.364. The van der Waals surface area contributed by atoms with Gasteiger partial charge in [0, 0.05) is 17.0 Å². The fraction of sp³-hybridized carbons (Fsp3) is 0.438. The Morgan fingerprint density at radius 3 is 2.83 bits per heavy atom. The normalized spacial score (nSPS) is 24.3. The number of benzene rings is 1. The standard InChI is InChI=1S/C16H18ClN/c17-15-7-3-1-5-13(15)11-12-9-10-18-16-8-4-2-6-14(12)16/h2,4,6,8-10,13,15H,1,3,5,7,11H2. The molecule has 0 bridgehead atoms. The maximum absolute atomic E-state index is 6.47. The van der Waals surface area contributed by atoms with Gasteiger partial charge in [0.05, 0.1) is 5.52 Å². The van der Waals surface area contributed by atoms with E-state index in [1.807, 2.05) is 12.3 Å². The molecule has 0 radical (unpaired) electrons. The summed E-state index contributed by atoms with van der Waals surface area (Å²) in [7, 11) is 0. The number of aromatic nitrogens is 1. The van der Waals surface area contributed by atoms with Crippen molar-refractivity contribution in [3.63, 3.8) is 0 Å². The van der Waals surface area contributed by atoms with E-state index >= 15 is 0 Å². The van der Waals surface area contributed by atoms with Gasteiger partial charge in [-0.15, -0.1) is 11.6 Å². The molecule has 0 aliphatic heterocycles. The van der Waals surface area contributed by atoms with Crippen LogP contribution in [0.3, 0.4) is 0 Å². The first-order valence-corrected chi connectivity index (χ1v) is 7.25. The Labute approximate surface area is 113 Å². The first-order valence-electron chi connectivity index (χ1n) is 6.81. The minimum atomic E-state index is 0.352. The number of hydrogen-bond donors (Lipinski definition) is 0. The van der Waals surface area contributed by atoms with E-state index in [4.69, 9.17) is 11.6 Å². The van der Waals surface area contributed by atoms with E-state index in [1.165, 1.54) is 36.6 Å². The summed E-state index contributed by atoms with van der Waals surface area (Å²) in [6.07, 6.45) is 8.08. The molecule has 0 N–H and O–H groups in total. The highest BCUT2D eigenvalue weighted by molar-refractivity contribution is 6.20. The topological polar surface area (TPSA) is 12.9 Å². The molecule has 1 aliphatic rings. The van der Waals surface area contributed by atoms with Gasteiger partial charge in [-0.2, -0.15) is 0 Å². The van der Waals surface area contributed by atoms with Crippen LogP contribution in [0.15, 0.2) is 36.5 Å². The number of para-hydroxylation sites is 1. The molecule has 2 atom stereocenters. The Bertz CT molecular complexity index is 532. The van der Waals surface area contributed by atoms with E-state index in [1.54, 1.807) is 0 Å². The van der Waals surface area contributed by atoms with Crippen LogP contribution < -0.4 is 0 Å². The first kappa shape index (κ1) is 12.0. The molecule has 0 saturated heterocycles. The fourth-order valence-electron chi connectivity index (χ4n) is 3.01. The van der Waals surface area contributed by atoms with Crippen LogP contribution in [0.5, 0.6) is 0 Å². The Hall–Kier alpha value is -1.08. The molecule has 1 saturated carbocycles. The highest BCUT2D eigenvalue weighted by Crippen LogP contribution is 2.32. The molecule has 2 unspecified atom stereocenters. The third-order valence-corrected chi connectivity index (χ3v) is 4.61. The van der Waals surface area contributed by atoms with Gasteiger partial charge in [0.25, 0.3) is 0 Å². The van der Waals surface area contributed by atoms with Crippen molar-refractivity contribution in [3.8, 4) is 0 Å². The van der Waals surface area contributed by atoms with E-state index in [0.29, 0.717) is 11.3 Å². The summed E-state index contributed by atoms with van der Waals surface area (Å²) in [5.41, 5.74) is 2.50. The van der Waals surface area contributed by atoms with E-state index in [2.05, 4.69) is 29.2 Å². The summed E-state index contributed by atoms with van der Waals surface area (Å²) in [5.74, 6) is 0.631. The molecule has 1 heterocycles. The molecule has 18 heavy (non-hydrogen) atoms. The van der Waals surface area contributed by atoms with Crippen molar-refractivity contribution in [2.24, 2.45) is 5.92 Å². The van der Waals surface area contributed by atoms with Gasteiger partial charge in [-0.25, -0.2) is 0 Å². The maximum atomic E-state index is 6.47. The molecule has 1 fully saturated rings. The molecule has 2 heteroatoms. The third-order valence-electron chi connectivity index (χ3n) is 4.04. The second kappa shape index (κ2) is 5.27. The van der Waals surface area contributed by atoms with Crippen LogP contribution in [0.1, 0.15) is 31.2 Å². The number of pyridine rings is 1. The highest BCUT2D eigenvalue weighted by atomic mass is 35.5. The van der Waals surface area contributed by atoms with E-state index in [9.17, 15) is 0 Å². The number of rotatable bonds is 2. The summed E-state index contributed by atoms with van der Waals surface area (Å²) >= 11 is 6.47. The lowest BCUT2D eigenvalue weighted by atomic mass is 9.84. The number of fused-ring (bicyclic) bond motifs is 1. The van der Waals surface area contributed by atoms with Gasteiger partial charge in [0.2, 0.25) is 0 Å². The zero-order valence-corrected chi connectivity index (χ0v) is 11.2. The van der Waals surface area contributed by atoms with E-state index < -0.39 is 0 Å². The second-order valence-electron chi connectivity index (χ2n) is 5.25. The molecule has 1 nitrogen and oxygen atoms in total. The Kier molecular flexibility index (Phi) is 3.51. The smallest absolute Gasteiger partial charge is 0.0704 e. The Morgan fingerprint density at radius 2 is 1.94 bits per heavy atom. The van der Waals surface area contributed by atoms with Crippen LogP contribution in [0.4, 0.5) is 0 Å². The van der Waals surface area contributed by atoms with Gasteiger partial charge in [-0.3, -0.25) is 4.98 Å². The molecule has 1 aromatic carbocycles. The van der Waals surface area contributed by atoms with Crippen molar-refractivity contribution >= 4 is 22.5 Å². The van der Waals surface area contributed by atoms with Crippen molar-refractivity contribution in [2.75, 3.05) is 0 Å². The number of hydrogen-bond acceptors (Lipinski definition) is 1. The van der Waals surface area contributed by atoms with Crippen molar-refractivity contribution in [2.45, 2.75) is 37.5 Å². The van der Waals surface area contributed by atoms with Crippen LogP contribution in [0.2, 0.25) is 0 Å². The van der Waals surface area contributed by atoms with Crippen molar-refractivity contribution in [1.82, 2.24) is 4.98 Å². The summed E-state index contributed by atoms with van der Waals surface area (Å²) in [6.45, 7) is 0. The minimum absolute atomic E-state index is 0.352. The molecule has 0 amide bonds. The van der Waals surface area contributed by atoms with Crippen LogP contribution in [-0.4, -0.2) is 10.4 Å². The molecule has 3 rings (SSSR count). The molecule has 0 spiro atoms. The molecule has 2 aromatic rings. The SMILES string of the molecule is ClC1CCCCC1Cc1ccnc2ccccc12. The monoisotopic (exact) mass is 259 g/mol. The third kappa shape index (κ3) is 2.37. The van der Waals surface area contributed by atoms with Crippen molar-refractivity contribution in [3.05, 3.63) is 42.1 Å². The molecular formula is C16H18ClN. The second-order valence-corrected chi connectivity index (χ2v) is 5.81. The number of halogens is 1. The zero-order chi connectivity index (χ0) is 12.4. The van der Waals surface area contributed by atoms with E-state index in [-0.39, 0.29) is 0 Å². The number of nitrogens with zero attached hydrogens (tertiary/aromatic N) is 1. The van der Waals surface area contributed by atoms with Crippen molar-refractivity contribution < 1.29 is 0 Å². The zero-order valence-electron chi connectivity index (χ0n) is 10.5. The fourth-order valence-corrected chi connectivity index (χ4v) is 3.38. The molecule has 1 aliphatic carbocycles. The summed E-state index contributed by atoms with van der Waals surface area (Å²) in [4.78, 5) is 4.42. The molecule has 1 aromatic heterocycles. The first-order chi connectivity index (χ1) is 8.84. The maximum Gasteiger partial charge on any atom is 0.0704 e. The molecular weight excluding hydrogens is 242 g/mol. The van der Waals surface area contributed by atoms with Gasteiger partial charge in [0.1, 0.15) is 0 Å². The summed E-state index contributed by atoms with van der Waals surface area (Å²) in [6, 6.07) is 10.5. The highest BCUT2D eigenvalue weighted by Gasteiger charge is 2.23. The van der Waals surface area contributed by atoms with Gasteiger partial charge >= 0.3 is 0 Å². The number of alkyl halides is 1. The average Bonchev–Trinajstić information content (AvgIpc) is 2.42. The van der Waals surface area contributed by atoms with Crippen LogP contribution in [0, 0.1) is 5.92 Å². The predicted molar refractivity (Wildman–Crippen MR) is 77.0 cm³/mol. The van der Waals surface area contributed by atoms with Crippen LogP contribution in [0.25, 0.3) is 10.9 Å². The summed E-state index contributed by atoms with van der Waals surface area (Å²) < 4.78 is 0. The van der Waals surface area contributed by atoms with Crippen LogP contribution >= 0.6 is 11.6 Å². The van der Waals surface area contributed by atoms with Gasteiger partial charge in [-0.05, 0) is 42.9 Å². The van der Waals surface area contributed by atoms with Gasteiger partial charge < -0.3 is 0 Å². The lowest BCUT2D eigenvalue weighted by Crippen LogP contribution is -2.21. The predicted octanol–water partition coefficient (Wildman–Crippen LogP) is 4.57. The largest absolute Gasteiger partial charge is 0.256 e. The van der Waals surface area contributed by atoms with Gasteiger partial charge in [0.15, 0.2) is 0 Å². The molecule has 94 valence electrons. The quantitative estimate of drug-likeness (QED) is 0.720. The Morgan fingerprint density at radius 1 is 1.11 bits per heavy atom. The van der Waals surface area contributed by atoms with Crippen molar-refractivity contribution in [1.29, 1.82) is 0 Å².